The van der Waals surface area contributed by atoms with Crippen LogP contribution in [0.3, 0.4) is 0 Å². The van der Waals surface area contributed by atoms with Crippen LogP contribution < -0.4 is 0 Å². The normalized spacial score (nSPS) is 25.6. The summed E-state index contributed by atoms with van der Waals surface area (Å²) in [4.78, 5) is 15.4. The number of piperazine rings is 1. The monoisotopic (exact) mass is 228 g/mol. The molecule has 0 spiro atoms. The Balaban J connectivity index is 2.39. The predicted molar refractivity (Wildman–Crippen MR) is 64.6 cm³/mol. The van der Waals surface area contributed by atoms with Gasteiger partial charge in [-0.1, -0.05) is 6.92 Å². The van der Waals surface area contributed by atoms with Crippen LogP contribution in [0.4, 0.5) is 0 Å². The lowest BCUT2D eigenvalue weighted by molar-refractivity contribution is -0.137. The highest BCUT2D eigenvalue weighted by Crippen LogP contribution is 2.15. The summed E-state index contributed by atoms with van der Waals surface area (Å²) in [6, 6.07) is 1.01. The number of aliphatic carboxylic acids is 1. The SMILES string of the molecule is CCC1CN(C(C)CCC(=O)O)CCN1C. The molecule has 1 N–H and O–H groups in total. The summed E-state index contributed by atoms with van der Waals surface area (Å²) in [5, 5.41) is 8.67. The fraction of sp³-hybridized carbons (Fsp3) is 0.917. The van der Waals surface area contributed by atoms with Crippen LogP contribution in [0.2, 0.25) is 0 Å². The Labute approximate surface area is 98.2 Å². The first-order valence-corrected chi connectivity index (χ1v) is 6.20. The van der Waals surface area contributed by atoms with Gasteiger partial charge in [-0.2, -0.15) is 0 Å². The zero-order chi connectivity index (χ0) is 12.1. The lowest BCUT2D eigenvalue weighted by Gasteiger charge is -2.41. The van der Waals surface area contributed by atoms with Crippen molar-refractivity contribution in [3.05, 3.63) is 0 Å². The van der Waals surface area contributed by atoms with Crippen LogP contribution in [0.15, 0.2) is 0 Å². The third kappa shape index (κ3) is 3.76. The molecule has 1 saturated heterocycles. The van der Waals surface area contributed by atoms with E-state index in [9.17, 15) is 4.79 Å². The molecule has 1 aliphatic rings. The summed E-state index contributed by atoms with van der Waals surface area (Å²) < 4.78 is 0. The van der Waals surface area contributed by atoms with E-state index in [4.69, 9.17) is 5.11 Å². The third-order valence-corrected chi connectivity index (χ3v) is 3.68. The van der Waals surface area contributed by atoms with E-state index in [2.05, 4.69) is 30.7 Å². The number of hydrogen-bond donors (Lipinski definition) is 1. The van der Waals surface area contributed by atoms with E-state index in [0.29, 0.717) is 12.1 Å². The molecule has 2 unspecified atom stereocenters. The number of carbonyl (C=O) groups is 1. The summed E-state index contributed by atoms with van der Waals surface area (Å²) in [5.41, 5.74) is 0. The van der Waals surface area contributed by atoms with Crippen LogP contribution in [0.1, 0.15) is 33.1 Å². The van der Waals surface area contributed by atoms with Crippen molar-refractivity contribution < 1.29 is 9.90 Å². The number of carboxylic acids is 1. The molecule has 0 bridgehead atoms. The Morgan fingerprint density at radius 2 is 2.19 bits per heavy atom. The molecule has 0 aliphatic carbocycles. The largest absolute Gasteiger partial charge is 0.481 e. The molecule has 1 fully saturated rings. The minimum absolute atomic E-state index is 0.282. The van der Waals surface area contributed by atoms with Gasteiger partial charge in [-0.25, -0.2) is 0 Å². The topological polar surface area (TPSA) is 43.8 Å². The van der Waals surface area contributed by atoms with Gasteiger partial charge in [0.05, 0.1) is 0 Å². The minimum atomic E-state index is -0.687. The molecule has 2 atom stereocenters. The fourth-order valence-electron chi connectivity index (χ4n) is 2.33. The van der Waals surface area contributed by atoms with Crippen LogP contribution in [-0.4, -0.2) is 59.6 Å². The van der Waals surface area contributed by atoms with Gasteiger partial charge in [0, 0.05) is 38.1 Å². The number of nitrogens with zero attached hydrogens (tertiary/aromatic N) is 2. The first-order valence-electron chi connectivity index (χ1n) is 6.20. The molecule has 16 heavy (non-hydrogen) atoms. The molecule has 0 aromatic rings. The maximum Gasteiger partial charge on any atom is 0.303 e. The zero-order valence-corrected chi connectivity index (χ0v) is 10.6. The highest BCUT2D eigenvalue weighted by Gasteiger charge is 2.25. The molecule has 4 nitrogen and oxygen atoms in total. The molecular weight excluding hydrogens is 204 g/mol. The van der Waals surface area contributed by atoms with Gasteiger partial charge in [-0.3, -0.25) is 9.69 Å². The van der Waals surface area contributed by atoms with Crippen molar-refractivity contribution in [1.82, 2.24) is 9.80 Å². The minimum Gasteiger partial charge on any atom is -0.481 e. The highest BCUT2D eigenvalue weighted by molar-refractivity contribution is 5.66. The van der Waals surface area contributed by atoms with E-state index >= 15 is 0 Å². The summed E-state index contributed by atoms with van der Waals surface area (Å²) in [6.07, 6.45) is 2.21. The van der Waals surface area contributed by atoms with Crippen LogP contribution >= 0.6 is 0 Å². The Morgan fingerprint density at radius 1 is 1.50 bits per heavy atom. The van der Waals surface area contributed by atoms with Crippen LogP contribution in [0.25, 0.3) is 0 Å². The van der Waals surface area contributed by atoms with Crippen LogP contribution in [0, 0.1) is 0 Å². The molecule has 0 amide bonds. The molecule has 1 aliphatic heterocycles. The average Bonchev–Trinajstić information content (AvgIpc) is 2.26. The Bertz CT molecular complexity index is 233. The maximum atomic E-state index is 10.5. The van der Waals surface area contributed by atoms with Crippen LogP contribution in [-0.2, 0) is 4.79 Å². The molecule has 0 aromatic heterocycles. The van der Waals surface area contributed by atoms with Gasteiger partial charge in [0.15, 0.2) is 0 Å². The van der Waals surface area contributed by atoms with Crippen molar-refractivity contribution in [1.29, 1.82) is 0 Å². The summed E-state index contributed by atoms with van der Waals surface area (Å²) in [5.74, 6) is -0.687. The van der Waals surface area contributed by atoms with Crippen molar-refractivity contribution in [3.63, 3.8) is 0 Å². The quantitative estimate of drug-likeness (QED) is 0.769. The molecule has 1 heterocycles. The van der Waals surface area contributed by atoms with Crippen LogP contribution in [0.5, 0.6) is 0 Å². The van der Waals surface area contributed by atoms with Gasteiger partial charge < -0.3 is 10.0 Å². The van der Waals surface area contributed by atoms with Gasteiger partial charge in [-0.05, 0) is 26.8 Å². The summed E-state index contributed by atoms with van der Waals surface area (Å²) in [6.45, 7) is 7.59. The van der Waals surface area contributed by atoms with Crippen molar-refractivity contribution >= 4 is 5.97 Å². The number of carboxylic acid groups (broad SMARTS) is 1. The molecule has 1 rings (SSSR count). The third-order valence-electron chi connectivity index (χ3n) is 3.68. The fourth-order valence-corrected chi connectivity index (χ4v) is 2.33. The summed E-state index contributed by atoms with van der Waals surface area (Å²) >= 11 is 0. The second kappa shape index (κ2) is 6.21. The zero-order valence-electron chi connectivity index (χ0n) is 10.6. The van der Waals surface area contributed by atoms with Crippen molar-refractivity contribution in [3.8, 4) is 0 Å². The van der Waals surface area contributed by atoms with Gasteiger partial charge in [0.1, 0.15) is 0 Å². The first kappa shape index (κ1) is 13.5. The molecule has 94 valence electrons. The lowest BCUT2D eigenvalue weighted by atomic mass is 10.1. The Hall–Kier alpha value is -0.610. The van der Waals surface area contributed by atoms with Crippen molar-refractivity contribution in [2.45, 2.75) is 45.2 Å². The highest BCUT2D eigenvalue weighted by atomic mass is 16.4. The second-order valence-electron chi connectivity index (χ2n) is 4.82. The van der Waals surface area contributed by atoms with E-state index in [1.165, 1.54) is 6.42 Å². The Morgan fingerprint density at radius 3 is 2.75 bits per heavy atom. The molecule has 0 aromatic carbocycles. The van der Waals surface area contributed by atoms with Gasteiger partial charge in [0.25, 0.3) is 0 Å². The van der Waals surface area contributed by atoms with E-state index in [1.54, 1.807) is 0 Å². The molecule has 0 radical (unpaired) electrons. The molecule has 4 heteroatoms. The maximum absolute atomic E-state index is 10.5. The summed E-state index contributed by atoms with van der Waals surface area (Å²) in [7, 11) is 2.17. The van der Waals surface area contributed by atoms with E-state index < -0.39 is 5.97 Å². The number of rotatable bonds is 5. The van der Waals surface area contributed by atoms with Gasteiger partial charge in [-0.15, -0.1) is 0 Å². The van der Waals surface area contributed by atoms with E-state index in [-0.39, 0.29) is 6.42 Å². The average molecular weight is 228 g/mol. The molecular formula is C12H24N2O2. The number of hydrogen-bond acceptors (Lipinski definition) is 3. The Kier molecular flexibility index (Phi) is 5.22. The van der Waals surface area contributed by atoms with E-state index in [0.717, 1.165) is 26.1 Å². The van der Waals surface area contributed by atoms with Crippen molar-refractivity contribution in [2.75, 3.05) is 26.7 Å². The van der Waals surface area contributed by atoms with E-state index in [1.807, 2.05) is 0 Å². The molecule has 0 saturated carbocycles. The number of likely N-dealkylation sites (N-methyl/N-ethyl adjacent to an activating group) is 1. The van der Waals surface area contributed by atoms with Crippen molar-refractivity contribution in [2.24, 2.45) is 0 Å². The first-order chi connectivity index (χ1) is 7.54. The standard InChI is InChI=1S/C12H24N2O2/c1-4-11-9-14(8-7-13(11)3)10(2)5-6-12(15)16/h10-11H,4-9H2,1-3H3,(H,15,16). The predicted octanol–water partition coefficient (Wildman–Crippen LogP) is 1.27. The van der Waals surface area contributed by atoms with Gasteiger partial charge >= 0.3 is 5.97 Å². The lowest BCUT2D eigenvalue weighted by Crippen LogP contribution is -2.53. The second-order valence-corrected chi connectivity index (χ2v) is 4.82. The van der Waals surface area contributed by atoms with Gasteiger partial charge in [0.2, 0.25) is 0 Å². The smallest absolute Gasteiger partial charge is 0.303 e.